The summed E-state index contributed by atoms with van der Waals surface area (Å²) in [5.41, 5.74) is 0.250. The Kier molecular flexibility index (Phi) is 2.89. The van der Waals surface area contributed by atoms with Crippen LogP contribution in [0.3, 0.4) is 0 Å². The molecule has 5 heteroatoms. The minimum Gasteiger partial charge on any atom is -0.346 e. The average molecular weight is 330 g/mol. The second-order valence-electron chi connectivity index (χ2n) is 7.17. The van der Waals surface area contributed by atoms with E-state index in [1.54, 1.807) is 6.07 Å². The van der Waals surface area contributed by atoms with Gasteiger partial charge in [-0.15, -0.1) is 11.3 Å². The molecule has 4 fully saturated rings. The summed E-state index contributed by atoms with van der Waals surface area (Å²) in [6.45, 7) is 2.39. The first-order chi connectivity index (χ1) is 11.2. The van der Waals surface area contributed by atoms with Crippen LogP contribution in [0.1, 0.15) is 35.4 Å². The van der Waals surface area contributed by atoms with Gasteiger partial charge in [-0.2, -0.15) is 0 Å². The summed E-state index contributed by atoms with van der Waals surface area (Å²) in [5.74, 6) is 0.385. The van der Waals surface area contributed by atoms with Gasteiger partial charge in [-0.25, -0.2) is 4.39 Å². The SMILES string of the molecule is O=C(N[C@@H]1C2CCN(CC2)C12CC2)c1cc2ccc(F)cc2s1. The molecule has 1 atom stereocenters. The molecule has 120 valence electrons. The first-order valence-electron chi connectivity index (χ1n) is 8.41. The average Bonchev–Trinajstić information content (AvgIpc) is 3.22. The number of fused-ring (bicyclic) bond motifs is 3. The number of carbonyl (C=O) groups excluding carboxylic acids is 1. The third-order valence-electron chi connectivity index (χ3n) is 5.97. The number of benzene rings is 1. The van der Waals surface area contributed by atoms with Crippen LogP contribution >= 0.6 is 11.3 Å². The largest absolute Gasteiger partial charge is 0.346 e. The van der Waals surface area contributed by atoms with Crippen molar-refractivity contribution in [2.75, 3.05) is 13.1 Å². The minimum absolute atomic E-state index is 0.0108. The van der Waals surface area contributed by atoms with Crippen LogP contribution in [0, 0.1) is 11.7 Å². The summed E-state index contributed by atoms with van der Waals surface area (Å²) in [6, 6.07) is 6.88. The summed E-state index contributed by atoms with van der Waals surface area (Å²) in [4.78, 5) is 16.0. The predicted molar refractivity (Wildman–Crippen MR) is 89.3 cm³/mol. The maximum absolute atomic E-state index is 13.3. The lowest BCUT2D eigenvalue weighted by molar-refractivity contribution is -0.00138. The summed E-state index contributed by atoms with van der Waals surface area (Å²) in [5, 5.41) is 4.27. The van der Waals surface area contributed by atoms with Gasteiger partial charge < -0.3 is 5.32 Å². The van der Waals surface area contributed by atoms with Gasteiger partial charge in [-0.1, -0.05) is 6.07 Å². The molecule has 23 heavy (non-hydrogen) atoms. The zero-order valence-corrected chi connectivity index (χ0v) is 13.7. The standard InChI is InChI=1S/C18H19FN2OS/c19-13-2-1-12-9-15(23-14(12)10-13)17(22)20-16-11-3-7-21(8-4-11)18(16)5-6-18/h1-2,9-11,16H,3-8H2,(H,20,22)/t16-/m1/s1. The highest BCUT2D eigenvalue weighted by Gasteiger charge is 2.60. The Morgan fingerprint density at radius 1 is 1.26 bits per heavy atom. The normalized spacial score (nSPS) is 30.7. The Hall–Kier alpha value is -1.46. The van der Waals surface area contributed by atoms with Gasteiger partial charge in [0, 0.05) is 10.2 Å². The van der Waals surface area contributed by atoms with Crippen molar-refractivity contribution in [3.63, 3.8) is 0 Å². The maximum atomic E-state index is 13.3. The Labute approximate surface area is 138 Å². The molecule has 2 aromatic rings. The fourth-order valence-corrected chi connectivity index (χ4v) is 5.64. The van der Waals surface area contributed by atoms with Crippen molar-refractivity contribution >= 4 is 27.3 Å². The molecule has 1 spiro atoms. The number of nitrogens with zero attached hydrogens (tertiary/aromatic N) is 1. The van der Waals surface area contributed by atoms with Crippen molar-refractivity contribution in [1.82, 2.24) is 10.2 Å². The van der Waals surface area contributed by atoms with E-state index in [0.29, 0.717) is 16.8 Å². The number of nitrogens with one attached hydrogen (secondary N) is 1. The predicted octanol–water partition coefficient (Wildman–Crippen LogP) is 3.40. The molecule has 1 N–H and O–H groups in total. The molecule has 1 saturated carbocycles. The van der Waals surface area contributed by atoms with Gasteiger partial charge in [-0.3, -0.25) is 9.69 Å². The van der Waals surface area contributed by atoms with Crippen molar-refractivity contribution in [2.45, 2.75) is 37.3 Å². The third-order valence-corrected chi connectivity index (χ3v) is 7.07. The number of hydrogen-bond donors (Lipinski definition) is 1. The maximum Gasteiger partial charge on any atom is 0.261 e. The highest BCUT2D eigenvalue weighted by molar-refractivity contribution is 7.20. The van der Waals surface area contributed by atoms with Crippen LogP contribution in [0.2, 0.25) is 0 Å². The Morgan fingerprint density at radius 2 is 2.04 bits per heavy atom. The Bertz CT molecular complexity index is 789. The van der Waals surface area contributed by atoms with Gasteiger partial charge in [0.25, 0.3) is 5.91 Å². The van der Waals surface area contributed by atoms with Gasteiger partial charge >= 0.3 is 0 Å². The first-order valence-corrected chi connectivity index (χ1v) is 9.22. The molecule has 3 nitrogen and oxygen atoms in total. The minimum atomic E-state index is -0.249. The highest BCUT2D eigenvalue weighted by Crippen LogP contribution is 2.53. The Morgan fingerprint density at radius 3 is 2.78 bits per heavy atom. The fourth-order valence-electron chi connectivity index (χ4n) is 4.65. The van der Waals surface area contributed by atoms with E-state index in [1.165, 1.54) is 62.2 Å². The second-order valence-corrected chi connectivity index (χ2v) is 8.26. The molecular weight excluding hydrogens is 311 g/mol. The van der Waals surface area contributed by atoms with E-state index in [0.717, 1.165) is 10.1 Å². The van der Waals surface area contributed by atoms with Crippen LogP contribution in [0.25, 0.3) is 10.1 Å². The van der Waals surface area contributed by atoms with E-state index in [2.05, 4.69) is 10.2 Å². The van der Waals surface area contributed by atoms with Gasteiger partial charge in [0.15, 0.2) is 0 Å². The topological polar surface area (TPSA) is 32.3 Å². The molecule has 4 heterocycles. The molecule has 0 unspecified atom stereocenters. The van der Waals surface area contributed by atoms with Crippen LogP contribution in [0.4, 0.5) is 4.39 Å². The molecule has 1 aromatic carbocycles. The van der Waals surface area contributed by atoms with Crippen molar-refractivity contribution in [2.24, 2.45) is 5.92 Å². The highest BCUT2D eigenvalue weighted by atomic mass is 32.1. The second kappa shape index (κ2) is 4.77. The van der Waals surface area contributed by atoms with Crippen LogP contribution in [0.5, 0.6) is 0 Å². The monoisotopic (exact) mass is 330 g/mol. The summed E-state index contributed by atoms with van der Waals surface area (Å²) >= 11 is 1.38. The zero-order valence-electron chi connectivity index (χ0n) is 12.8. The number of rotatable bonds is 2. The quantitative estimate of drug-likeness (QED) is 0.915. The number of hydrogen-bond acceptors (Lipinski definition) is 3. The molecule has 1 amide bonds. The van der Waals surface area contributed by atoms with Crippen molar-refractivity contribution < 1.29 is 9.18 Å². The van der Waals surface area contributed by atoms with Gasteiger partial charge in [-0.05, 0) is 68.3 Å². The van der Waals surface area contributed by atoms with Gasteiger partial charge in [0.05, 0.1) is 10.9 Å². The molecule has 3 saturated heterocycles. The molecule has 0 radical (unpaired) electrons. The zero-order chi connectivity index (χ0) is 15.6. The summed E-state index contributed by atoms with van der Waals surface area (Å²) in [7, 11) is 0. The van der Waals surface area contributed by atoms with E-state index in [1.807, 2.05) is 6.07 Å². The molecule has 3 aliphatic heterocycles. The molecular formula is C18H19FN2OS. The molecule has 1 aromatic heterocycles. The van der Waals surface area contributed by atoms with Crippen molar-refractivity contribution in [3.05, 3.63) is 35.0 Å². The van der Waals surface area contributed by atoms with E-state index < -0.39 is 0 Å². The van der Waals surface area contributed by atoms with Crippen LogP contribution in [0.15, 0.2) is 24.3 Å². The van der Waals surface area contributed by atoms with Crippen molar-refractivity contribution in [3.8, 4) is 0 Å². The van der Waals surface area contributed by atoms with Crippen molar-refractivity contribution in [1.29, 1.82) is 0 Å². The van der Waals surface area contributed by atoms with Gasteiger partial charge in [0.2, 0.25) is 0 Å². The Balaban J connectivity index is 1.42. The molecule has 6 rings (SSSR count). The lowest BCUT2D eigenvalue weighted by Gasteiger charge is -2.52. The van der Waals surface area contributed by atoms with Crippen LogP contribution < -0.4 is 5.32 Å². The first kappa shape index (κ1) is 13.9. The number of halogens is 1. The molecule has 4 aliphatic rings. The van der Waals surface area contributed by atoms with E-state index >= 15 is 0 Å². The number of piperidine rings is 3. The van der Waals surface area contributed by atoms with E-state index in [4.69, 9.17) is 0 Å². The number of carbonyl (C=O) groups is 1. The molecule has 2 bridgehead atoms. The van der Waals surface area contributed by atoms with Gasteiger partial charge in [0.1, 0.15) is 5.82 Å². The number of amides is 1. The number of thiophene rings is 1. The smallest absolute Gasteiger partial charge is 0.261 e. The summed E-state index contributed by atoms with van der Waals surface area (Å²) < 4.78 is 14.2. The van der Waals surface area contributed by atoms with E-state index in [-0.39, 0.29) is 17.3 Å². The fraction of sp³-hybridized carbons (Fsp3) is 0.500. The lowest BCUT2D eigenvalue weighted by atomic mass is 9.77. The third kappa shape index (κ3) is 2.06. The van der Waals surface area contributed by atoms with Crippen LogP contribution in [-0.4, -0.2) is 35.5 Å². The molecule has 1 aliphatic carbocycles. The van der Waals surface area contributed by atoms with E-state index in [9.17, 15) is 9.18 Å². The summed E-state index contributed by atoms with van der Waals surface area (Å²) in [6.07, 6.45) is 4.83. The lowest BCUT2D eigenvalue weighted by Crippen LogP contribution is -2.65. The van der Waals surface area contributed by atoms with Crippen LogP contribution in [-0.2, 0) is 0 Å².